The Morgan fingerprint density at radius 3 is 2.59 bits per heavy atom. The van der Waals surface area contributed by atoms with Crippen LogP contribution >= 0.6 is 39.9 Å². The summed E-state index contributed by atoms with van der Waals surface area (Å²) in [5.74, 6) is 1.22. The second kappa shape index (κ2) is 9.72. The van der Waals surface area contributed by atoms with Gasteiger partial charge in [0.1, 0.15) is 0 Å². The van der Waals surface area contributed by atoms with E-state index in [-0.39, 0.29) is 30.1 Å². The van der Waals surface area contributed by atoms with E-state index in [1.807, 2.05) is 19.2 Å². The monoisotopic (exact) mass is 481 g/mol. The van der Waals surface area contributed by atoms with E-state index < -0.39 is 0 Å². The highest BCUT2D eigenvalue weighted by molar-refractivity contribution is 14.0. The fourth-order valence-electron chi connectivity index (χ4n) is 2.80. The van der Waals surface area contributed by atoms with Crippen LogP contribution in [-0.2, 0) is 6.54 Å². The van der Waals surface area contributed by atoms with Gasteiger partial charge in [0, 0.05) is 37.6 Å². The molecular weight excluding hydrogens is 457 g/mol. The lowest BCUT2D eigenvalue weighted by molar-refractivity contribution is 0.134. The number of nitrogens with one attached hydrogen (secondary N) is 1. The van der Waals surface area contributed by atoms with Gasteiger partial charge in [0.2, 0.25) is 0 Å². The second-order valence-electron chi connectivity index (χ2n) is 5.67. The number of aliphatic hydroxyl groups is 1. The number of guanidine groups is 1. The number of hydrogen-bond donors (Lipinski definition) is 2. The summed E-state index contributed by atoms with van der Waals surface area (Å²) in [6.45, 7) is 1.60. The number of halogens is 2. The van der Waals surface area contributed by atoms with Gasteiger partial charge < -0.3 is 15.3 Å². The second-order valence-corrected chi connectivity index (χ2v) is 6.58. The molecule has 0 heterocycles. The molecule has 124 valence electrons. The lowest BCUT2D eigenvalue weighted by Crippen LogP contribution is -2.41. The van der Waals surface area contributed by atoms with Gasteiger partial charge in [-0.25, -0.2) is 0 Å². The number of aliphatic hydroxyl groups excluding tert-OH is 1. The third-order valence-electron chi connectivity index (χ3n) is 4.05. The first kappa shape index (κ1) is 19.7. The van der Waals surface area contributed by atoms with E-state index in [4.69, 9.17) is 0 Å². The highest BCUT2D eigenvalue weighted by Gasteiger charge is 2.25. The Kier molecular flexibility index (Phi) is 8.71. The number of aliphatic imine (C=N–C) groups is 1. The van der Waals surface area contributed by atoms with Crippen LogP contribution in [0.4, 0.5) is 0 Å². The van der Waals surface area contributed by atoms with Gasteiger partial charge in [-0.2, -0.15) is 0 Å². The van der Waals surface area contributed by atoms with Crippen molar-refractivity contribution in [3.05, 3.63) is 34.3 Å². The van der Waals surface area contributed by atoms with Crippen molar-refractivity contribution in [2.75, 3.05) is 20.6 Å². The fourth-order valence-corrected chi connectivity index (χ4v) is 3.07. The number of benzene rings is 1. The Labute approximate surface area is 158 Å². The summed E-state index contributed by atoms with van der Waals surface area (Å²) < 4.78 is 1.09. The van der Waals surface area contributed by atoms with Crippen molar-refractivity contribution >= 4 is 45.9 Å². The molecule has 0 radical (unpaired) electrons. The highest BCUT2D eigenvalue weighted by Crippen LogP contribution is 2.24. The summed E-state index contributed by atoms with van der Waals surface area (Å²) in [5.41, 5.74) is 1.24. The molecule has 0 aromatic heterocycles. The van der Waals surface area contributed by atoms with Gasteiger partial charge in [0.25, 0.3) is 0 Å². The van der Waals surface area contributed by atoms with E-state index in [0.29, 0.717) is 5.92 Å². The molecule has 4 nitrogen and oxygen atoms in total. The third-order valence-corrected chi connectivity index (χ3v) is 4.58. The van der Waals surface area contributed by atoms with Crippen LogP contribution in [0, 0.1) is 5.92 Å². The van der Waals surface area contributed by atoms with E-state index in [0.717, 1.165) is 42.8 Å². The molecule has 0 spiro atoms. The van der Waals surface area contributed by atoms with E-state index in [2.05, 4.69) is 43.3 Å². The Balaban J connectivity index is 0.00000242. The van der Waals surface area contributed by atoms with Crippen molar-refractivity contribution in [3.8, 4) is 0 Å². The van der Waals surface area contributed by atoms with Gasteiger partial charge in [-0.15, -0.1) is 24.0 Å². The molecule has 1 aromatic rings. The third kappa shape index (κ3) is 5.70. The van der Waals surface area contributed by atoms with Gasteiger partial charge >= 0.3 is 0 Å². The molecule has 0 saturated heterocycles. The van der Waals surface area contributed by atoms with Crippen LogP contribution in [0.25, 0.3) is 0 Å². The summed E-state index contributed by atoms with van der Waals surface area (Å²) in [6, 6.07) is 8.31. The largest absolute Gasteiger partial charge is 0.393 e. The number of hydrogen-bond acceptors (Lipinski definition) is 2. The normalized spacial score (nSPS) is 21.4. The summed E-state index contributed by atoms with van der Waals surface area (Å²) in [5, 5.41) is 13.3. The van der Waals surface area contributed by atoms with Gasteiger partial charge in [-0.3, -0.25) is 4.99 Å². The Morgan fingerprint density at radius 2 is 2.05 bits per heavy atom. The first-order valence-corrected chi connectivity index (χ1v) is 8.23. The van der Waals surface area contributed by atoms with Gasteiger partial charge in [-0.05, 0) is 30.5 Å². The molecule has 1 aromatic carbocycles. The molecule has 6 heteroatoms. The molecule has 2 rings (SSSR count). The van der Waals surface area contributed by atoms with Crippen molar-refractivity contribution in [1.82, 2.24) is 10.2 Å². The molecule has 1 fully saturated rings. The Bertz CT molecular complexity index is 481. The van der Waals surface area contributed by atoms with Crippen LogP contribution in [0.5, 0.6) is 0 Å². The van der Waals surface area contributed by atoms with E-state index >= 15 is 0 Å². The molecule has 1 aliphatic carbocycles. The smallest absolute Gasteiger partial charge is 0.193 e. The summed E-state index contributed by atoms with van der Waals surface area (Å²) in [4.78, 5) is 6.43. The minimum Gasteiger partial charge on any atom is -0.393 e. The average Bonchev–Trinajstić information content (AvgIpc) is 2.88. The lowest BCUT2D eigenvalue weighted by Gasteiger charge is -2.24. The maximum Gasteiger partial charge on any atom is 0.193 e. The molecular formula is C16H25BrIN3O. The van der Waals surface area contributed by atoms with Gasteiger partial charge in [-0.1, -0.05) is 34.5 Å². The van der Waals surface area contributed by atoms with E-state index in [1.54, 1.807) is 7.05 Å². The van der Waals surface area contributed by atoms with Crippen molar-refractivity contribution in [3.63, 3.8) is 0 Å². The zero-order chi connectivity index (χ0) is 15.2. The SMILES string of the molecule is CN=C(NCC1CCCC1O)N(C)Cc1ccc(Br)cc1.I. The van der Waals surface area contributed by atoms with E-state index in [1.165, 1.54) is 5.56 Å². The molecule has 0 aliphatic heterocycles. The van der Waals surface area contributed by atoms with E-state index in [9.17, 15) is 5.11 Å². The van der Waals surface area contributed by atoms with Crippen LogP contribution in [0.3, 0.4) is 0 Å². The maximum atomic E-state index is 9.88. The molecule has 2 unspecified atom stereocenters. The van der Waals surface area contributed by atoms with Crippen LogP contribution in [-0.4, -0.2) is 42.7 Å². The van der Waals surface area contributed by atoms with Gasteiger partial charge in [0.05, 0.1) is 6.10 Å². The number of rotatable bonds is 4. The topological polar surface area (TPSA) is 47.9 Å². The van der Waals surface area contributed by atoms with Crippen molar-refractivity contribution in [1.29, 1.82) is 0 Å². The van der Waals surface area contributed by atoms with Crippen LogP contribution in [0.2, 0.25) is 0 Å². The lowest BCUT2D eigenvalue weighted by atomic mass is 10.1. The number of nitrogens with zero attached hydrogens (tertiary/aromatic N) is 2. The van der Waals surface area contributed by atoms with Crippen molar-refractivity contribution < 1.29 is 5.11 Å². The predicted molar refractivity (Wildman–Crippen MR) is 106 cm³/mol. The van der Waals surface area contributed by atoms with Crippen molar-refractivity contribution in [2.24, 2.45) is 10.9 Å². The summed E-state index contributed by atoms with van der Waals surface area (Å²) in [6.07, 6.45) is 3.00. The molecule has 1 aliphatic rings. The molecule has 0 bridgehead atoms. The summed E-state index contributed by atoms with van der Waals surface area (Å²) in [7, 11) is 3.83. The van der Waals surface area contributed by atoms with Crippen LogP contribution in [0.15, 0.2) is 33.7 Å². The minimum absolute atomic E-state index is 0. The first-order valence-electron chi connectivity index (χ1n) is 7.44. The Hall–Kier alpha value is -0.340. The van der Waals surface area contributed by atoms with Crippen LogP contribution in [0.1, 0.15) is 24.8 Å². The highest BCUT2D eigenvalue weighted by atomic mass is 127. The van der Waals surface area contributed by atoms with Crippen LogP contribution < -0.4 is 5.32 Å². The average molecular weight is 482 g/mol. The van der Waals surface area contributed by atoms with Gasteiger partial charge in [0.15, 0.2) is 5.96 Å². The molecule has 1 saturated carbocycles. The maximum absolute atomic E-state index is 9.88. The zero-order valence-electron chi connectivity index (χ0n) is 13.1. The zero-order valence-corrected chi connectivity index (χ0v) is 17.0. The molecule has 2 N–H and O–H groups in total. The minimum atomic E-state index is -0.160. The molecule has 2 atom stereocenters. The molecule has 0 amide bonds. The fraction of sp³-hybridized carbons (Fsp3) is 0.562. The standard InChI is InChI=1S/C16H24BrN3O.HI/c1-18-16(19-10-13-4-3-5-15(13)21)20(2)11-12-6-8-14(17)9-7-12;/h6-9,13,15,21H,3-5,10-11H2,1-2H3,(H,18,19);1H. The predicted octanol–water partition coefficient (Wildman–Crippen LogP) is 3.24. The van der Waals surface area contributed by atoms with Crippen molar-refractivity contribution in [2.45, 2.75) is 31.9 Å². The first-order chi connectivity index (χ1) is 10.1. The summed E-state index contributed by atoms with van der Waals surface area (Å²) >= 11 is 3.45. The Morgan fingerprint density at radius 1 is 1.36 bits per heavy atom. The quantitative estimate of drug-likeness (QED) is 0.394. The molecule has 22 heavy (non-hydrogen) atoms.